The minimum absolute atomic E-state index is 0.230. The lowest BCUT2D eigenvalue weighted by Crippen LogP contribution is -2.61. The minimum Gasteiger partial charge on any atom is -0.222 e. The quantitative estimate of drug-likeness (QED) is 0.372. The second-order valence-corrected chi connectivity index (χ2v) is 3.83. The number of halogens is 9. The normalized spacial score (nSPS) is 17.8. The van der Waals surface area contributed by atoms with E-state index in [1.165, 1.54) is 0 Å². The fraction of sp³-hybridized carbons (Fsp3) is 0.800. The van der Waals surface area contributed by atoms with Gasteiger partial charge in [0, 0.05) is 0 Å². The van der Waals surface area contributed by atoms with Crippen LogP contribution in [0.25, 0.3) is 0 Å². The van der Waals surface area contributed by atoms with Crippen LogP contribution in [0.15, 0.2) is 12.2 Å². The average Bonchev–Trinajstić information content (AvgIpc) is 2.20. The van der Waals surface area contributed by atoms with E-state index in [2.05, 4.69) is 0 Å². The molecule has 0 amide bonds. The molecule has 0 radical (unpaired) electrons. The SMILES string of the molecule is CCCC/C=C/[C@](F)(C(F)(F)F)C(F)(F)C(F)(F)F. The Morgan fingerprint density at radius 3 is 1.58 bits per heavy atom. The number of hydrogen-bond acceptors (Lipinski definition) is 0. The Hall–Kier alpha value is -0.890. The Balaban J connectivity index is 5.51. The van der Waals surface area contributed by atoms with Crippen molar-refractivity contribution in [3.8, 4) is 0 Å². The summed E-state index contributed by atoms with van der Waals surface area (Å²) in [5, 5.41) is 0. The molecule has 0 aliphatic rings. The van der Waals surface area contributed by atoms with E-state index in [4.69, 9.17) is 0 Å². The van der Waals surface area contributed by atoms with Crippen LogP contribution in [0.1, 0.15) is 26.2 Å². The smallest absolute Gasteiger partial charge is 0.222 e. The highest BCUT2D eigenvalue weighted by Crippen LogP contribution is 2.53. The molecule has 0 saturated carbocycles. The Labute approximate surface area is 103 Å². The van der Waals surface area contributed by atoms with Gasteiger partial charge in [-0.25, -0.2) is 4.39 Å². The molecule has 1 atom stereocenters. The van der Waals surface area contributed by atoms with Crippen LogP contribution >= 0.6 is 0 Å². The van der Waals surface area contributed by atoms with Crippen molar-refractivity contribution < 1.29 is 39.5 Å². The Kier molecular flexibility index (Phi) is 5.36. The van der Waals surface area contributed by atoms with E-state index in [9.17, 15) is 39.5 Å². The maximum Gasteiger partial charge on any atom is 0.457 e. The van der Waals surface area contributed by atoms with Crippen LogP contribution in [0.5, 0.6) is 0 Å². The summed E-state index contributed by atoms with van der Waals surface area (Å²) in [6.45, 7) is 1.62. The molecule has 0 bridgehead atoms. The number of allylic oxidation sites excluding steroid dienone is 2. The van der Waals surface area contributed by atoms with Gasteiger partial charge in [0.25, 0.3) is 5.67 Å². The van der Waals surface area contributed by atoms with Crippen molar-refractivity contribution in [3.63, 3.8) is 0 Å². The highest BCUT2D eigenvalue weighted by atomic mass is 19.4. The molecule has 19 heavy (non-hydrogen) atoms. The van der Waals surface area contributed by atoms with Crippen molar-refractivity contribution in [3.05, 3.63) is 12.2 Å². The highest BCUT2D eigenvalue weighted by molar-refractivity contribution is 5.16. The van der Waals surface area contributed by atoms with Gasteiger partial charge >= 0.3 is 18.3 Å². The van der Waals surface area contributed by atoms with E-state index in [1.54, 1.807) is 6.92 Å². The van der Waals surface area contributed by atoms with Gasteiger partial charge in [0.15, 0.2) is 0 Å². The highest BCUT2D eigenvalue weighted by Gasteiger charge is 2.79. The predicted molar refractivity (Wildman–Crippen MR) is 49.6 cm³/mol. The lowest BCUT2D eigenvalue weighted by Gasteiger charge is -2.33. The van der Waals surface area contributed by atoms with E-state index < -0.39 is 30.0 Å². The maximum atomic E-state index is 13.3. The second kappa shape index (κ2) is 5.62. The third-order valence-corrected chi connectivity index (χ3v) is 2.30. The van der Waals surface area contributed by atoms with Gasteiger partial charge in [-0.15, -0.1) is 0 Å². The zero-order chi connectivity index (χ0) is 15.5. The van der Waals surface area contributed by atoms with Gasteiger partial charge in [-0.05, 0) is 12.5 Å². The summed E-state index contributed by atoms with van der Waals surface area (Å²) in [7, 11) is 0. The first kappa shape index (κ1) is 18.1. The fourth-order valence-electron chi connectivity index (χ4n) is 1.15. The van der Waals surface area contributed by atoms with E-state index in [1.807, 2.05) is 0 Å². The van der Waals surface area contributed by atoms with Gasteiger partial charge in [0.2, 0.25) is 0 Å². The topological polar surface area (TPSA) is 0 Å². The van der Waals surface area contributed by atoms with E-state index in [-0.39, 0.29) is 12.8 Å². The zero-order valence-electron chi connectivity index (χ0n) is 9.68. The molecule has 0 rings (SSSR count). The summed E-state index contributed by atoms with van der Waals surface area (Å²) < 4.78 is 111. The van der Waals surface area contributed by atoms with Crippen LogP contribution in [-0.2, 0) is 0 Å². The number of alkyl halides is 9. The van der Waals surface area contributed by atoms with Crippen molar-refractivity contribution in [1.82, 2.24) is 0 Å². The largest absolute Gasteiger partial charge is 0.457 e. The maximum absolute atomic E-state index is 13.3. The van der Waals surface area contributed by atoms with Gasteiger partial charge in [0.1, 0.15) is 0 Å². The summed E-state index contributed by atoms with van der Waals surface area (Å²) in [4.78, 5) is 0. The predicted octanol–water partition coefficient (Wildman–Crippen LogP) is 5.20. The van der Waals surface area contributed by atoms with Gasteiger partial charge < -0.3 is 0 Å². The van der Waals surface area contributed by atoms with Crippen LogP contribution in [0.3, 0.4) is 0 Å². The lowest BCUT2D eigenvalue weighted by molar-refractivity contribution is -0.369. The summed E-state index contributed by atoms with van der Waals surface area (Å²) in [6, 6.07) is 0. The molecule has 0 aromatic rings. The van der Waals surface area contributed by atoms with Crippen LogP contribution in [0, 0.1) is 0 Å². The summed E-state index contributed by atoms with van der Waals surface area (Å²) in [6.07, 6.45) is -13.0. The fourth-order valence-corrected chi connectivity index (χ4v) is 1.15. The lowest BCUT2D eigenvalue weighted by atomic mass is 9.95. The number of unbranched alkanes of at least 4 members (excludes halogenated alkanes) is 2. The first-order valence-electron chi connectivity index (χ1n) is 5.19. The standard InChI is InChI=1S/C10H11F9/c1-2-3-4-5-6-7(11,9(14,15)16)8(12,13)10(17,18)19/h5-6H,2-4H2,1H3/b6-5+/t7-/m1/s1. The van der Waals surface area contributed by atoms with E-state index in [0.717, 1.165) is 0 Å². The molecule has 0 aliphatic carbocycles. The summed E-state index contributed by atoms with van der Waals surface area (Å²) >= 11 is 0. The number of rotatable bonds is 5. The Morgan fingerprint density at radius 2 is 1.26 bits per heavy atom. The Morgan fingerprint density at radius 1 is 0.789 bits per heavy atom. The first-order valence-corrected chi connectivity index (χ1v) is 5.19. The molecule has 0 N–H and O–H groups in total. The Bertz CT molecular complexity index is 312. The van der Waals surface area contributed by atoms with Crippen LogP contribution in [-0.4, -0.2) is 23.9 Å². The van der Waals surface area contributed by atoms with Gasteiger partial charge in [-0.1, -0.05) is 25.8 Å². The molecular weight excluding hydrogens is 291 g/mol. The van der Waals surface area contributed by atoms with Crippen molar-refractivity contribution >= 4 is 0 Å². The average molecular weight is 302 g/mol. The molecule has 0 fully saturated rings. The van der Waals surface area contributed by atoms with Crippen LogP contribution < -0.4 is 0 Å². The first-order chi connectivity index (χ1) is 8.31. The van der Waals surface area contributed by atoms with Crippen molar-refractivity contribution in [2.75, 3.05) is 0 Å². The molecule has 0 aromatic heterocycles. The van der Waals surface area contributed by atoms with Crippen molar-refractivity contribution in [1.29, 1.82) is 0 Å². The van der Waals surface area contributed by atoms with Crippen molar-refractivity contribution in [2.45, 2.75) is 50.1 Å². The molecule has 114 valence electrons. The third-order valence-electron chi connectivity index (χ3n) is 2.30. The van der Waals surface area contributed by atoms with Crippen LogP contribution in [0.2, 0.25) is 0 Å². The minimum atomic E-state index is -6.65. The van der Waals surface area contributed by atoms with Gasteiger partial charge in [0.05, 0.1) is 0 Å². The molecule has 0 nitrogen and oxygen atoms in total. The molecule has 0 saturated heterocycles. The molecule has 0 heterocycles. The molecular formula is C10H11F9. The van der Waals surface area contributed by atoms with Crippen molar-refractivity contribution in [2.24, 2.45) is 0 Å². The number of hydrogen-bond donors (Lipinski definition) is 0. The third kappa shape index (κ3) is 3.56. The van der Waals surface area contributed by atoms with Crippen LogP contribution in [0.4, 0.5) is 39.5 Å². The second-order valence-electron chi connectivity index (χ2n) is 3.83. The summed E-state index contributed by atoms with van der Waals surface area (Å²) in [5.41, 5.74) is -5.77. The molecule has 0 aliphatic heterocycles. The van der Waals surface area contributed by atoms with E-state index >= 15 is 0 Å². The monoisotopic (exact) mass is 302 g/mol. The molecule has 9 heteroatoms. The van der Waals surface area contributed by atoms with E-state index in [0.29, 0.717) is 12.5 Å². The van der Waals surface area contributed by atoms with Gasteiger partial charge in [-0.2, -0.15) is 35.1 Å². The molecule has 0 unspecified atom stereocenters. The zero-order valence-corrected chi connectivity index (χ0v) is 9.68. The molecule has 0 spiro atoms. The summed E-state index contributed by atoms with van der Waals surface area (Å²) in [5.74, 6) is -6.55. The van der Waals surface area contributed by atoms with Gasteiger partial charge in [-0.3, -0.25) is 0 Å². The molecule has 0 aromatic carbocycles.